The topological polar surface area (TPSA) is 18.0 Å². The molecule has 0 amide bonds. The van der Waals surface area contributed by atoms with Crippen LogP contribution in [0.2, 0.25) is 0 Å². The van der Waals surface area contributed by atoms with E-state index >= 15 is 0 Å². The predicted octanol–water partition coefficient (Wildman–Crippen LogP) is -1.82. The van der Waals surface area contributed by atoms with E-state index < -0.39 is 0 Å². The van der Waals surface area contributed by atoms with Crippen LogP contribution in [0.3, 0.4) is 0 Å². The van der Waals surface area contributed by atoms with Crippen LogP contribution in [-0.4, -0.2) is 22.8 Å². The normalized spacial score (nSPS) is 19.1. The van der Waals surface area contributed by atoms with E-state index in [1.807, 2.05) is 31.2 Å². The molecule has 0 radical (unpaired) electrons. The van der Waals surface area contributed by atoms with Gasteiger partial charge in [-0.2, -0.15) is 4.57 Å². The molecule has 14 heavy (non-hydrogen) atoms. The fourth-order valence-electron chi connectivity index (χ4n) is 1.41. The number of aromatic nitrogens is 2. The predicted molar refractivity (Wildman–Crippen MR) is 52.0 cm³/mol. The Hall–Kier alpha value is 0.1000. The second-order valence-corrected chi connectivity index (χ2v) is 4.29. The third-order valence-corrected chi connectivity index (χ3v) is 3.39. The highest BCUT2D eigenvalue weighted by Crippen LogP contribution is 2.31. The molecule has 1 aliphatic rings. The van der Waals surface area contributed by atoms with Gasteiger partial charge in [0.05, 0.1) is 19.4 Å². The van der Waals surface area contributed by atoms with Gasteiger partial charge in [-0.05, 0) is 11.8 Å². The molecule has 0 saturated heterocycles. The zero-order chi connectivity index (χ0) is 9.26. The average Bonchev–Trinajstić information content (AvgIpc) is 2.67. The van der Waals surface area contributed by atoms with Crippen molar-refractivity contribution >= 4 is 23.4 Å². The van der Waals surface area contributed by atoms with Gasteiger partial charge in [-0.25, -0.2) is 4.57 Å². The summed E-state index contributed by atoms with van der Waals surface area (Å²) in [5, 5.41) is 1.25. The first-order chi connectivity index (χ1) is 6.33. The van der Waals surface area contributed by atoms with E-state index in [4.69, 9.17) is 16.3 Å². The summed E-state index contributed by atoms with van der Waals surface area (Å²) in [6.45, 7) is 0.619. The minimum Gasteiger partial charge on any atom is -1.00 e. The number of ether oxygens (including phenoxy) is 1. The SMILES string of the molecule is C[n+]1ccn2c1SCC2OCCCl.[Cl-]. The zero-order valence-corrected chi connectivity index (χ0v) is 10.1. The van der Waals surface area contributed by atoms with Crippen molar-refractivity contribution in [3.63, 3.8) is 0 Å². The summed E-state index contributed by atoms with van der Waals surface area (Å²) >= 11 is 7.38. The molecule has 3 nitrogen and oxygen atoms in total. The van der Waals surface area contributed by atoms with Crippen molar-refractivity contribution in [3.8, 4) is 0 Å². The van der Waals surface area contributed by atoms with Gasteiger partial charge in [-0.1, -0.05) is 0 Å². The molecule has 0 bridgehead atoms. The lowest BCUT2D eigenvalue weighted by atomic mass is 10.6. The molecule has 2 heterocycles. The molecule has 6 heteroatoms. The third-order valence-electron chi connectivity index (χ3n) is 2.03. The Morgan fingerprint density at radius 3 is 3.29 bits per heavy atom. The molecule has 2 rings (SSSR count). The smallest absolute Gasteiger partial charge is 0.320 e. The van der Waals surface area contributed by atoms with Crippen molar-refractivity contribution in [2.45, 2.75) is 11.4 Å². The molecule has 1 aromatic rings. The Bertz CT molecular complexity index is 306. The van der Waals surface area contributed by atoms with Crippen LogP contribution in [0, 0.1) is 0 Å². The highest BCUT2D eigenvalue weighted by atomic mass is 35.5. The minimum absolute atomic E-state index is 0. The Kier molecular flexibility index (Phi) is 4.57. The van der Waals surface area contributed by atoms with Crippen LogP contribution < -0.4 is 17.0 Å². The minimum atomic E-state index is 0. The summed E-state index contributed by atoms with van der Waals surface area (Å²) in [5.74, 6) is 1.55. The molecule has 1 atom stereocenters. The zero-order valence-electron chi connectivity index (χ0n) is 7.82. The molecule has 0 spiro atoms. The maximum atomic E-state index is 5.59. The monoisotopic (exact) mass is 254 g/mol. The van der Waals surface area contributed by atoms with Crippen LogP contribution in [0.1, 0.15) is 6.23 Å². The molecule has 1 aliphatic heterocycles. The lowest BCUT2D eigenvalue weighted by Gasteiger charge is -2.06. The fraction of sp³-hybridized carbons (Fsp3) is 0.625. The van der Waals surface area contributed by atoms with E-state index in [-0.39, 0.29) is 18.6 Å². The number of hydrogen-bond acceptors (Lipinski definition) is 2. The largest absolute Gasteiger partial charge is 1.00 e. The second-order valence-electron chi connectivity index (χ2n) is 2.92. The van der Waals surface area contributed by atoms with Crippen molar-refractivity contribution in [1.82, 2.24) is 4.57 Å². The molecule has 0 fully saturated rings. The number of nitrogens with zero attached hydrogens (tertiary/aromatic N) is 2. The van der Waals surface area contributed by atoms with Gasteiger partial charge < -0.3 is 17.1 Å². The van der Waals surface area contributed by atoms with Crippen LogP contribution >= 0.6 is 23.4 Å². The quantitative estimate of drug-likeness (QED) is 0.467. The number of halogens is 2. The number of thioether (sulfide) groups is 1. The highest BCUT2D eigenvalue weighted by Gasteiger charge is 2.31. The number of fused-ring (bicyclic) bond motifs is 1. The highest BCUT2D eigenvalue weighted by molar-refractivity contribution is 7.99. The van der Waals surface area contributed by atoms with E-state index in [2.05, 4.69) is 9.13 Å². The molecule has 80 valence electrons. The number of hydrogen-bond donors (Lipinski definition) is 0. The fourth-order valence-corrected chi connectivity index (χ4v) is 2.64. The second kappa shape index (κ2) is 5.26. The molecule has 1 unspecified atom stereocenters. The van der Waals surface area contributed by atoms with Gasteiger partial charge in [0.2, 0.25) is 6.23 Å². The van der Waals surface area contributed by atoms with Gasteiger partial charge in [-0.15, -0.1) is 11.6 Å². The summed E-state index contributed by atoms with van der Waals surface area (Å²) < 4.78 is 9.84. The lowest BCUT2D eigenvalue weighted by molar-refractivity contribution is -0.709. The van der Waals surface area contributed by atoms with Crippen LogP contribution in [0.25, 0.3) is 0 Å². The van der Waals surface area contributed by atoms with Crippen molar-refractivity contribution in [2.24, 2.45) is 7.05 Å². The maximum absolute atomic E-state index is 5.59. The number of alkyl halides is 1. The van der Waals surface area contributed by atoms with E-state index in [9.17, 15) is 0 Å². The first kappa shape index (κ1) is 12.2. The van der Waals surface area contributed by atoms with Gasteiger partial charge in [0.1, 0.15) is 12.4 Å². The van der Waals surface area contributed by atoms with Gasteiger partial charge in [0.25, 0.3) is 0 Å². The van der Waals surface area contributed by atoms with Crippen molar-refractivity contribution in [2.75, 3.05) is 18.2 Å². The molecular formula is C8H12Cl2N2OS. The first-order valence-corrected chi connectivity index (χ1v) is 5.72. The molecule has 1 aromatic heterocycles. The average molecular weight is 255 g/mol. The molecule has 0 aliphatic carbocycles. The molecule has 0 aromatic carbocycles. The summed E-state index contributed by atoms with van der Waals surface area (Å²) in [6.07, 6.45) is 4.26. The molecule has 0 N–H and O–H groups in total. The standard InChI is InChI=1S/C8H12ClN2OS.ClH/c1-10-3-4-11-7(12-5-2-9)6-13-8(10)11;/h3-4,7H,2,5-6H2,1H3;1H/q+1;/p-1. The van der Waals surface area contributed by atoms with E-state index in [0.29, 0.717) is 12.5 Å². The molecule has 0 saturated carbocycles. The Morgan fingerprint density at radius 2 is 2.57 bits per heavy atom. The summed E-state index contributed by atoms with van der Waals surface area (Å²) in [4.78, 5) is 0. The van der Waals surface area contributed by atoms with E-state index in [1.165, 1.54) is 5.16 Å². The number of aryl methyl sites for hydroxylation is 1. The van der Waals surface area contributed by atoms with Crippen molar-refractivity contribution in [1.29, 1.82) is 0 Å². The molecular weight excluding hydrogens is 243 g/mol. The van der Waals surface area contributed by atoms with E-state index in [0.717, 1.165) is 5.75 Å². The van der Waals surface area contributed by atoms with Gasteiger partial charge in [-0.3, -0.25) is 0 Å². The Labute approximate surface area is 98.8 Å². The first-order valence-electron chi connectivity index (χ1n) is 4.20. The Morgan fingerprint density at radius 1 is 1.79 bits per heavy atom. The van der Waals surface area contributed by atoms with Crippen LogP contribution in [0.15, 0.2) is 17.6 Å². The van der Waals surface area contributed by atoms with E-state index in [1.54, 1.807) is 0 Å². The Balaban J connectivity index is 0.000000980. The summed E-state index contributed by atoms with van der Waals surface area (Å²) in [5.41, 5.74) is 0. The summed E-state index contributed by atoms with van der Waals surface area (Å²) in [7, 11) is 2.04. The van der Waals surface area contributed by atoms with Crippen LogP contribution in [0.5, 0.6) is 0 Å². The van der Waals surface area contributed by atoms with Crippen molar-refractivity contribution in [3.05, 3.63) is 12.4 Å². The summed E-state index contributed by atoms with van der Waals surface area (Å²) in [6, 6.07) is 0. The van der Waals surface area contributed by atoms with Gasteiger partial charge in [0, 0.05) is 5.88 Å². The number of rotatable bonds is 3. The van der Waals surface area contributed by atoms with Gasteiger partial charge in [0.15, 0.2) is 0 Å². The van der Waals surface area contributed by atoms with Crippen molar-refractivity contribution < 1.29 is 21.7 Å². The lowest BCUT2D eigenvalue weighted by Crippen LogP contribution is -3.00. The third kappa shape index (κ3) is 2.19. The van der Waals surface area contributed by atoms with Crippen LogP contribution in [0.4, 0.5) is 0 Å². The number of imidazole rings is 1. The van der Waals surface area contributed by atoms with Crippen LogP contribution in [-0.2, 0) is 11.8 Å². The van der Waals surface area contributed by atoms with Gasteiger partial charge >= 0.3 is 5.16 Å². The maximum Gasteiger partial charge on any atom is 0.320 e.